The number of aryl methyl sites for hydroxylation is 2. The largest absolute Gasteiger partial charge is 0.554 e. The molecule has 3 heteroatoms. The van der Waals surface area contributed by atoms with E-state index in [0.29, 0.717) is 11.3 Å². The van der Waals surface area contributed by atoms with Gasteiger partial charge in [0.25, 0.3) is 0 Å². The van der Waals surface area contributed by atoms with Gasteiger partial charge in [0.2, 0.25) is 0 Å². The second-order valence-electron chi connectivity index (χ2n) is 2.66. The van der Waals surface area contributed by atoms with Crippen LogP contribution in [0.4, 0.5) is 0 Å². The molecule has 0 unspecified atom stereocenters. The molecule has 1 aromatic rings. The van der Waals surface area contributed by atoms with Gasteiger partial charge in [-0.05, 0) is 0 Å². The zero-order chi connectivity index (χ0) is 9.14. The van der Waals surface area contributed by atoms with Crippen LogP contribution in [0.2, 0.25) is 0 Å². The summed E-state index contributed by atoms with van der Waals surface area (Å²) in [5.74, 6) is 0.711. The van der Waals surface area contributed by atoms with Gasteiger partial charge in [0, 0.05) is 38.5 Å². The van der Waals surface area contributed by atoms with Gasteiger partial charge in [-0.3, -0.25) is 0 Å². The van der Waals surface area contributed by atoms with Crippen molar-refractivity contribution in [2.24, 2.45) is 0 Å². The number of aldehydes is 1. The van der Waals surface area contributed by atoms with Crippen LogP contribution in [0.3, 0.4) is 0 Å². The smallest absolute Gasteiger partial charge is 0.0954 e. The Hall–Kier alpha value is -0.206. The van der Waals surface area contributed by atoms with Crippen LogP contribution in [0.5, 0.6) is 5.75 Å². The Bertz CT molecular complexity index is 308. The summed E-state index contributed by atoms with van der Waals surface area (Å²) < 4.78 is 5.05. The van der Waals surface area contributed by atoms with E-state index in [4.69, 9.17) is 4.74 Å². The third-order valence-corrected chi connectivity index (χ3v) is 1.81. The third-order valence-electron chi connectivity index (χ3n) is 1.81. The van der Waals surface area contributed by atoms with Crippen molar-refractivity contribution in [3.63, 3.8) is 0 Å². The number of ether oxygens (including phenoxy) is 1. The SMILES string of the molecule is COc1cc(C=O)c(C)[c-]c1C.[Y]. The topological polar surface area (TPSA) is 26.3 Å². The predicted octanol–water partition coefficient (Wildman–Crippen LogP) is 1.92. The second kappa shape index (κ2) is 5.51. The maximum absolute atomic E-state index is 10.5. The maximum atomic E-state index is 10.5. The van der Waals surface area contributed by atoms with Crippen molar-refractivity contribution in [3.8, 4) is 5.75 Å². The van der Waals surface area contributed by atoms with Gasteiger partial charge >= 0.3 is 0 Å². The number of methoxy groups -OCH3 is 1. The number of benzene rings is 1. The molecule has 0 saturated heterocycles. The van der Waals surface area contributed by atoms with Gasteiger partial charge in [-0.2, -0.15) is 11.6 Å². The molecule has 0 atom stereocenters. The normalized spacial score (nSPS) is 8.85. The van der Waals surface area contributed by atoms with E-state index in [9.17, 15) is 4.79 Å². The fraction of sp³-hybridized carbons (Fsp3) is 0.300. The van der Waals surface area contributed by atoms with Crippen LogP contribution in [-0.4, -0.2) is 13.4 Å². The molecular formula is C10H11O2Y-. The first kappa shape index (κ1) is 12.8. The molecule has 0 aliphatic carbocycles. The summed E-state index contributed by atoms with van der Waals surface area (Å²) in [7, 11) is 1.58. The number of carbonyl (C=O) groups excluding carboxylic acids is 1. The molecule has 0 amide bonds. The van der Waals surface area contributed by atoms with Crippen molar-refractivity contribution in [2.45, 2.75) is 13.8 Å². The van der Waals surface area contributed by atoms with Gasteiger partial charge in [0.05, 0.1) is 13.4 Å². The van der Waals surface area contributed by atoms with Crippen LogP contribution < -0.4 is 4.74 Å². The summed E-state index contributed by atoms with van der Waals surface area (Å²) in [6.45, 7) is 3.76. The van der Waals surface area contributed by atoms with E-state index in [1.165, 1.54) is 0 Å². The molecule has 0 fully saturated rings. The maximum Gasteiger partial charge on any atom is 0.0954 e. The van der Waals surface area contributed by atoms with Gasteiger partial charge in [-0.25, -0.2) is 0 Å². The van der Waals surface area contributed by atoms with Crippen molar-refractivity contribution >= 4 is 6.29 Å². The Morgan fingerprint density at radius 1 is 1.38 bits per heavy atom. The van der Waals surface area contributed by atoms with Crippen LogP contribution in [0.1, 0.15) is 21.5 Å². The second-order valence-corrected chi connectivity index (χ2v) is 2.66. The van der Waals surface area contributed by atoms with Crippen LogP contribution >= 0.6 is 0 Å². The molecular weight excluding hydrogens is 241 g/mol. The van der Waals surface area contributed by atoms with E-state index in [1.54, 1.807) is 13.2 Å². The molecule has 0 heterocycles. The average Bonchev–Trinajstić information content (AvgIpc) is 2.05. The third kappa shape index (κ3) is 2.89. The summed E-state index contributed by atoms with van der Waals surface area (Å²) in [5.41, 5.74) is 2.43. The standard InChI is InChI=1S/C10H11O2.Y/c1-7-4-8(2)10(12-3)5-9(7)6-11;/h5-6H,1-3H3;/q-1;. The van der Waals surface area contributed by atoms with Gasteiger partial charge in [0.15, 0.2) is 0 Å². The number of hydrogen-bond acceptors (Lipinski definition) is 2. The molecule has 1 rings (SSSR count). The summed E-state index contributed by atoms with van der Waals surface area (Å²) in [5, 5.41) is 0. The van der Waals surface area contributed by atoms with Crippen LogP contribution in [0.15, 0.2) is 6.07 Å². The fourth-order valence-corrected chi connectivity index (χ4v) is 1.11. The first-order valence-corrected chi connectivity index (χ1v) is 3.71. The van der Waals surface area contributed by atoms with Crippen LogP contribution in [0, 0.1) is 19.9 Å². The molecule has 0 aliphatic rings. The molecule has 13 heavy (non-hydrogen) atoms. The summed E-state index contributed by atoms with van der Waals surface area (Å²) in [6, 6.07) is 4.78. The van der Waals surface area contributed by atoms with E-state index in [0.717, 1.165) is 17.4 Å². The van der Waals surface area contributed by atoms with Gasteiger partial charge in [-0.1, -0.05) is 19.4 Å². The molecule has 0 saturated carbocycles. The van der Waals surface area contributed by atoms with Crippen LogP contribution in [0.25, 0.3) is 0 Å². The number of rotatable bonds is 2. The summed E-state index contributed by atoms with van der Waals surface area (Å²) in [6.07, 6.45) is 0.813. The zero-order valence-electron chi connectivity index (χ0n) is 8.05. The quantitative estimate of drug-likeness (QED) is 0.593. The molecule has 1 radical (unpaired) electrons. The molecule has 0 aliphatic heterocycles. The van der Waals surface area contributed by atoms with E-state index in [1.807, 2.05) is 13.8 Å². The van der Waals surface area contributed by atoms with Crippen molar-refractivity contribution in [3.05, 3.63) is 28.8 Å². The number of carbonyl (C=O) groups is 1. The Morgan fingerprint density at radius 2 is 2.00 bits per heavy atom. The number of hydrogen-bond donors (Lipinski definition) is 0. The van der Waals surface area contributed by atoms with Crippen molar-refractivity contribution in [1.29, 1.82) is 0 Å². The minimum absolute atomic E-state index is 0. The summed E-state index contributed by atoms with van der Waals surface area (Å²) in [4.78, 5) is 10.5. The molecule has 0 aromatic heterocycles. The first-order valence-electron chi connectivity index (χ1n) is 3.71. The molecule has 0 N–H and O–H groups in total. The molecule has 67 valence electrons. The Labute approximate surface area is 104 Å². The average molecular weight is 252 g/mol. The molecule has 0 bridgehead atoms. The van der Waals surface area contributed by atoms with Gasteiger partial charge < -0.3 is 9.53 Å². The van der Waals surface area contributed by atoms with Crippen molar-refractivity contribution < 1.29 is 42.2 Å². The van der Waals surface area contributed by atoms with E-state index in [-0.39, 0.29) is 32.7 Å². The first-order chi connectivity index (χ1) is 5.69. The monoisotopic (exact) mass is 252 g/mol. The van der Waals surface area contributed by atoms with E-state index >= 15 is 0 Å². The van der Waals surface area contributed by atoms with Gasteiger partial charge in [-0.15, -0.1) is 11.6 Å². The predicted molar refractivity (Wildman–Crippen MR) is 46.7 cm³/mol. The molecule has 2 nitrogen and oxygen atoms in total. The fourth-order valence-electron chi connectivity index (χ4n) is 1.11. The minimum Gasteiger partial charge on any atom is -0.554 e. The Balaban J connectivity index is 0.00000144. The van der Waals surface area contributed by atoms with Crippen LogP contribution in [-0.2, 0) is 32.7 Å². The summed E-state index contributed by atoms with van der Waals surface area (Å²) >= 11 is 0. The van der Waals surface area contributed by atoms with E-state index in [2.05, 4.69) is 6.07 Å². The zero-order valence-corrected chi connectivity index (χ0v) is 10.9. The van der Waals surface area contributed by atoms with Crippen molar-refractivity contribution in [2.75, 3.05) is 7.11 Å². The van der Waals surface area contributed by atoms with Gasteiger partial charge in [0.1, 0.15) is 0 Å². The van der Waals surface area contributed by atoms with Crippen molar-refractivity contribution in [1.82, 2.24) is 0 Å². The molecule has 1 aromatic carbocycles. The van der Waals surface area contributed by atoms with E-state index < -0.39 is 0 Å². The Kier molecular flexibility index (Phi) is 5.42. The molecule has 0 spiro atoms. The minimum atomic E-state index is 0. The Morgan fingerprint density at radius 3 is 2.46 bits per heavy atom.